The smallest absolute Gasteiger partial charge is 0.319 e. The van der Waals surface area contributed by atoms with E-state index in [1.165, 1.54) is 0 Å². The van der Waals surface area contributed by atoms with Crippen LogP contribution in [-0.2, 0) is 14.4 Å². The summed E-state index contributed by atoms with van der Waals surface area (Å²) in [5.41, 5.74) is 0.840. The van der Waals surface area contributed by atoms with Crippen LogP contribution in [0.5, 0.6) is 0 Å². The number of carbonyl (C=O) groups is 1. The first-order valence-corrected chi connectivity index (χ1v) is 6.43. The molecule has 0 saturated carbocycles. The maximum Gasteiger partial charge on any atom is 0.319 e. The normalized spacial score (nSPS) is 11.8. The summed E-state index contributed by atoms with van der Waals surface area (Å²) in [5, 5.41) is 3.73. The van der Waals surface area contributed by atoms with Gasteiger partial charge in [-0.1, -0.05) is 40.9 Å². The molecule has 0 aromatic carbocycles. The second-order valence-corrected chi connectivity index (χ2v) is 4.75. The minimum atomic E-state index is -0.228. The van der Waals surface area contributed by atoms with E-state index in [1.807, 2.05) is 13.8 Å². The van der Waals surface area contributed by atoms with Crippen LogP contribution < -0.4 is 0 Å². The minimum Gasteiger partial charge on any atom is -0.461 e. The van der Waals surface area contributed by atoms with E-state index in [2.05, 4.69) is 28.0 Å². The van der Waals surface area contributed by atoms with Gasteiger partial charge in [-0.05, 0) is 20.3 Å². The van der Waals surface area contributed by atoms with Gasteiger partial charge in [0.1, 0.15) is 11.4 Å². The molecule has 0 heterocycles. The van der Waals surface area contributed by atoms with Crippen LogP contribution in [0.25, 0.3) is 0 Å². The Labute approximate surface area is 105 Å². The summed E-state index contributed by atoms with van der Waals surface area (Å²) in [7, 11) is 0. The Morgan fingerprint density at radius 3 is 2.62 bits per heavy atom. The van der Waals surface area contributed by atoms with E-state index in [1.54, 1.807) is 0 Å². The summed E-state index contributed by atoms with van der Waals surface area (Å²) in [5.74, 6) is -0.228. The molecule has 94 valence electrons. The number of nitrogens with zero attached hydrogens (tertiary/aromatic N) is 1. The molecule has 0 aromatic heterocycles. The van der Waals surface area contributed by atoms with Gasteiger partial charge in [0, 0.05) is 0 Å². The Morgan fingerprint density at radius 2 is 2.06 bits per heavy atom. The van der Waals surface area contributed by atoms with Crippen molar-refractivity contribution in [1.29, 1.82) is 0 Å². The van der Waals surface area contributed by atoms with Gasteiger partial charge < -0.3 is 9.57 Å². The zero-order valence-electron chi connectivity index (χ0n) is 10.2. The third kappa shape index (κ3) is 8.71. The molecule has 5 heteroatoms. The zero-order valence-corrected chi connectivity index (χ0v) is 11.7. The Balaban J connectivity index is 3.53. The van der Waals surface area contributed by atoms with Gasteiger partial charge in [0.15, 0.2) is 6.61 Å². The Hall–Kier alpha value is -0.580. The molecule has 4 nitrogen and oxygen atoms in total. The van der Waals surface area contributed by atoms with Crippen molar-refractivity contribution < 1.29 is 14.4 Å². The minimum absolute atomic E-state index is 0.205. The van der Waals surface area contributed by atoms with E-state index in [0.717, 1.165) is 25.0 Å². The molecule has 0 aliphatic heterocycles. The second-order valence-electron chi connectivity index (χ2n) is 3.65. The van der Waals surface area contributed by atoms with Crippen molar-refractivity contribution >= 4 is 27.6 Å². The number of hydrogen-bond acceptors (Lipinski definition) is 4. The molecule has 0 fully saturated rings. The van der Waals surface area contributed by atoms with Gasteiger partial charge in [-0.2, -0.15) is 0 Å². The number of alkyl halides is 1. The van der Waals surface area contributed by atoms with Crippen LogP contribution in [0.1, 0.15) is 40.0 Å². The maximum absolute atomic E-state index is 11.4. The van der Waals surface area contributed by atoms with Crippen LogP contribution in [0.2, 0.25) is 0 Å². The summed E-state index contributed by atoms with van der Waals surface area (Å²) in [6.07, 6.45) is 2.90. The average molecular weight is 294 g/mol. The van der Waals surface area contributed by atoms with Gasteiger partial charge in [0.2, 0.25) is 0 Å². The third-order valence-corrected chi connectivity index (χ3v) is 2.56. The number of carbonyl (C=O) groups excluding carboxylic acids is 1. The SMILES string of the molecule is CCCCC(Br)C(=O)OCCON=C(C)C. The average Bonchev–Trinajstić information content (AvgIpc) is 2.24. The molecule has 0 rings (SSSR count). The largest absolute Gasteiger partial charge is 0.461 e. The highest BCUT2D eigenvalue weighted by Crippen LogP contribution is 2.11. The molecule has 0 amide bonds. The fraction of sp³-hybridized carbons (Fsp3) is 0.818. The Bertz CT molecular complexity index is 227. The van der Waals surface area contributed by atoms with Crippen molar-refractivity contribution in [3.8, 4) is 0 Å². The number of unbranched alkanes of at least 4 members (excludes halogenated alkanes) is 1. The fourth-order valence-electron chi connectivity index (χ4n) is 0.946. The lowest BCUT2D eigenvalue weighted by molar-refractivity contribution is -0.144. The number of hydrogen-bond donors (Lipinski definition) is 0. The lowest BCUT2D eigenvalue weighted by atomic mass is 10.2. The number of ether oxygens (including phenoxy) is 1. The van der Waals surface area contributed by atoms with E-state index < -0.39 is 0 Å². The molecule has 0 N–H and O–H groups in total. The topological polar surface area (TPSA) is 47.9 Å². The molecule has 0 bridgehead atoms. The summed E-state index contributed by atoms with van der Waals surface area (Å²) in [6.45, 7) is 6.30. The van der Waals surface area contributed by atoms with Crippen LogP contribution in [0.4, 0.5) is 0 Å². The molecule has 0 aliphatic carbocycles. The first-order chi connectivity index (χ1) is 7.57. The predicted octanol–water partition coefficient (Wildman–Crippen LogP) is 2.90. The summed E-state index contributed by atoms with van der Waals surface area (Å²) in [6, 6.07) is 0. The summed E-state index contributed by atoms with van der Waals surface area (Å²) >= 11 is 3.29. The van der Waals surface area contributed by atoms with Gasteiger partial charge >= 0.3 is 5.97 Å². The van der Waals surface area contributed by atoms with E-state index in [0.29, 0.717) is 6.61 Å². The molecule has 0 aromatic rings. The fourth-order valence-corrected chi connectivity index (χ4v) is 1.40. The number of rotatable bonds is 8. The van der Waals surface area contributed by atoms with Gasteiger partial charge in [-0.25, -0.2) is 0 Å². The van der Waals surface area contributed by atoms with E-state index in [9.17, 15) is 4.79 Å². The molecular formula is C11H20BrNO3. The quantitative estimate of drug-likeness (QED) is 0.227. The Morgan fingerprint density at radius 1 is 1.38 bits per heavy atom. The zero-order chi connectivity index (χ0) is 12.4. The van der Waals surface area contributed by atoms with Crippen molar-refractivity contribution in [3.63, 3.8) is 0 Å². The molecule has 0 radical (unpaired) electrons. The molecule has 1 unspecified atom stereocenters. The van der Waals surface area contributed by atoms with E-state index in [-0.39, 0.29) is 17.4 Å². The molecule has 16 heavy (non-hydrogen) atoms. The first-order valence-electron chi connectivity index (χ1n) is 5.51. The van der Waals surface area contributed by atoms with Crippen molar-refractivity contribution in [2.45, 2.75) is 44.9 Å². The predicted molar refractivity (Wildman–Crippen MR) is 67.9 cm³/mol. The monoisotopic (exact) mass is 293 g/mol. The highest BCUT2D eigenvalue weighted by atomic mass is 79.9. The number of halogens is 1. The summed E-state index contributed by atoms with van der Waals surface area (Å²) in [4.78, 5) is 16.1. The summed E-state index contributed by atoms with van der Waals surface area (Å²) < 4.78 is 5.00. The van der Waals surface area contributed by atoms with E-state index >= 15 is 0 Å². The van der Waals surface area contributed by atoms with Crippen molar-refractivity contribution in [3.05, 3.63) is 0 Å². The van der Waals surface area contributed by atoms with Crippen LogP contribution in [0.15, 0.2) is 5.16 Å². The van der Waals surface area contributed by atoms with Crippen LogP contribution in [-0.4, -0.2) is 29.7 Å². The van der Waals surface area contributed by atoms with Crippen LogP contribution in [0.3, 0.4) is 0 Å². The third-order valence-electron chi connectivity index (χ3n) is 1.73. The van der Waals surface area contributed by atoms with Gasteiger partial charge in [0.25, 0.3) is 0 Å². The van der Waals surface area contributed by atoms with Crippen molar-refractivity contribution in [2.75, 3.05) is 13.2 Å². The van der Waals surface area contributed by atoms with Crippen molar-refractivity contribution in [1.82, 2.24) is 0 Å². The second kappa shape index (κ2) is 9.63. The van der Waals surface area contributed by atoms with Gasteiger partial charge in [0.05, 0.1) is 5.71 Å². The standard InChI is InChI=1S/C11H20BrNO3/c1-4-5-6-10(12)11(14)15-7-8-16-13-9(2)3/h10H,4-8H2,1-3H3. The number of esters is 1. The van der Waals surface area contributed by atoms with Gasteiger partial charge in [-0.3, -0.25) is 4.79 Å². The Kier molecular flexibility index (Phi) is 9.28. The lowest BCUT2D eigenvalue weighted by Crippen LogP contribution is -2.19. The molecule has 0 saturated heterocycles. The molecular weight excluding hydrogens is 274 g/mol. The highest BCUT2D eigenvalue weighted by molar-refractivity contribution is 9.10. The van der Waals surface area contributed by atoms with Gasteiger partial charge in [-0.15, -0.1) is 0 Å². The lowest BCUT2D eigenvalue weighted by Gasteiger charge is -2.08. The van der Waals surface area contributed by atoms with Crippen LogP contribution in [0, 0.1) is 0 Å². The highest BCUT2D eigenvalue weighted by Gasteiger charge is 2.15. The molecule has 0 spiro atoms. The maximum atomic E-state index is 11.4. The van der Waals surface area contributed by atoms with E-state index in [4.69, 9.17) is 9.57 Å². The first kappa shape index (κ1) is 15.4. The van der Waals surface area contributed by atoms with Crippen molar-refractivity contribution in [2.24, 2.45) is 5.16 Å². The number of oxime groups is 1. The molecule has 1 atom stereocenters. The molecule has 0 aliphatic rings. The van der Waals surface area contributed by atoms with Crippen LogP contribution >= 0.6 is 15.9 Å².